The second kappa shape index (κ2) is 5.21. The van der Waals surface area contributed by atoms with E-state index < -0.39 is 12.2 Å². The van der Waals surface area contributed by atoms with Crippen LogP contribution < -0.4 is 0 Å². The van der Waals surface area contributed by atoms with E-state index in [-0.39, 0.29) is 5.78 Å². The average molecular weight is 252 g/mol. The van der Waals surface area contributed by atoms with Crippen molar-refractivity contribution in [1.29, 1.82) is 0 Å². The van der Waals surface area contributed by atoms with Crippen molar-refractivity contribution in [3.63, 3.8) is 0 Å². The predicted octanol–water partition coefficient (Wildman–Crippen LogP) is 1.53. The van der Waals surface area contributed by atoms with E-state index in [1.807, 2.05) is 6.07 Å². The lowest BCUT2D eigenvalue weighted by atomic mass is 9.98. The zero-order chi connectivity index (χ0) is 12.4. The van der Waals surface area contributed by atoms with Gasteiger partial charge >= 0.3 is 0 Å². The van der Waals surface area contributed by atoms with Gasteiger partial charge < -0.3 is 10.2 Å². The van der Waals surface area contributed by atoms with Crippen LogP contribution in [0.2, 0.25) is 0 Å². The zero-order valence-corrected chi connectivity index (χ0v) is 10.4. The SMILES string of the molecule is O=C1CCc2ccc(C(O)C(O)CCS)cc21. The van der Waals surface area contributed by atoms with Crippen molar-refractivity contribution in [1.82, 2.24) is 0 Å². The Morgan fingerprint density at radius 2 is 2.06 bits per heavy atom. The number of benzene rings is 1. The molecule has 0 amide bonds. The van der Waals surface area contributed by atoms with Gasteiger partial charge in [0.05, 0.1) is 6.10 Å². The van der Waals surface area contributed by atoms with Crippen LogP contribution >= 0.6 is 12.6 Å². The van der Waals surface area contributed by atoms with Crippen molar-refractivity contribution < 1.29 is 15.0 Å². The van der Waals surface area contributed by atoms with Gasteiger partial charge in [-0.05, 0) is 35.8 Å². The number of thiol groups is 1. The number of ketones is 1. The van der Waals surface area contributed by atoms with E-state index in [2.05, 4.69) is 12.6 Å². The fourth-order valence-electron chi connectivity index (χ4n) is 2.15. The second-order valence-electron chi connectivity index (χ2n) is 4.36. The third kappa shape index (κ3) is 2.54. The van der Waals surface area contributed by atoms with Crippen molar-refractivity contribution in [2.24, 2.45) is 0 Å². The molecule has 3 nitrogen and oxygen atoms in total. The van der Waals surface area contributed by atoms with Crippen molar-refractivity contribution >= 4 is 18.4 Å². The van der Waals surface area contributed by atoms with Gasteiger partial charge in [-0.15, -0.1) is 0 Å². The first-order valence-corrected chi connectivity index (χ1v) is 6.39. The maximum absolute atomic E-state index is 11.6. The van der Waals surface area contributed by atoms with Gasteiger partial charge in [-0.25, -0.2) is 0 Å². The van der Waals surface area contributed by atoms with Gasteiger partial charge in [0.25, 0.3) is 0 Å². The molecule has 4 heteroatoms. The monoisotopic (exact) mass is 252 g/mol. The summed E-state index contributed by atoms with van der Waals surface area (Å²) in [4.78, 5) is 11.6. The molecule has 0 spiro atoms. The highest BCUT2D eigenvalue weighted by Gasteiger charge is 2.23. The van der Waals surface area contributed by atoms with E-state index in [0.717, 1.165) is 12.0 Å². The first kappa shape index (κ1) is 12.6. The third-order valence-electron chi connectivity index (χ3n) is 3.19. The molecule has 2 atom stereocenters. The van der Waals surface area contributed by atoms with Crippen LogP contribution in [0.15, 0.2) is 18.2 Å². The molecular weight excluding hydrogens is 236 g/mol. The Morgan fingerprint density at radius 3 is 2.76 bits per heavy atom. The Hall–Kier alpha value is -0.840. The molecular formula is C13H16O3S. The predicted molar refractivity (Wildman–Crippen MR) is 68.5 cm³/mol. The molecule has 0 aliphatic heterocycles. The molecule has 0 aromatic heterocycles. The van der Waals surface area contributed by atoms with E-state index in [4.69, 9.17) is 0 Å². The molecule has 1 aliphatic carbocycles. The van der Waals surface area contributed by atoms with Crippen molar-refractivity contribution in [2.75, 3.05) is 5.75 Å². The van der Waals surface area contributed by atoms with Crippen LogP contribution in [0.3, 0.4) is 0 Å². The van der Waals surface area contributed by atoms with Gasteiger partial charge in [0, 0.05) is 12.0 Å². The van der Waals surface area contributed by atoms with Gasteiger partial charge in [0.15, 0.2) is 5.78 Å². The molecule has 0 radical (unpaired) electrons. The number of aliphatic hydroxyl groups is 2. The summed E-state index contributed by atoms with van der Waals surface area (Å²) in [6.45, 7) is 0. The normalized spacial score (nSPS) is 17.9. The fourth-order valence-corrected chi connectivity index (χ4v) is 2.42. The van der Waals surface area contributed by atoms with Gasteiger partial charge in [-0.2, -0.15) is 12.6 Å². The van der Waals surface area contributed by atoms with Crippen molar-refractivity contribution in [3.05, 3.63) is 34.9 Å². The zero-order valence-electron chi connectivity index (χ0n) is 9.47. The van der Waals surface area contributed by atoms with E-state index >= 15 is 0 Å². The number of Topliss-reactive ketones (excluding diaryl/α,β-unsaturated/α-hetero) is 1. The molecule has 0 saturated heterocycles. The topological polar surface area (TPSA) is 57.5 Å². The molecule has 1 aromatic rings. The number of rotatable bonds is 4. The first-order valence-electron chi connectivity index (χ1n) is 5.76. The number of aryl methyl sites for hydroxylation is 1. The molecule has 2 unspecified atom stereocenters. The standard InChI is InChI=1S/C13H16O3S/c14-11-4-3-8-1-2-9(7-10(8)11)13(16)12(15)5-6-17/h1-2,7,12-13,15-17H,3-6H2. The number of hydrogen-bond acceptors (Lipinski definition) is 4. The highest BCUT2D eigenvalue weighted by molar-refractivity contribution is 7.80. The molecule has 17 heavy (non-hydrogen) atoms. The summed E-state index contributed by atoms with van der Waals surface area (Å²) >= 11 is 4.02. The number of carbonyl (C=O) groups excluding carboxylic acids is 1. The Kier molecular flexibility index (Phi) is 3.86. The van der Waals surface area contributed by atoms with E-state index in [1.54, 1.807) is 12.1 Å². The van der Waals surface area contributed by atoms with Crippen LogP contribution in [0.1, 0.15) is 40.4 Å². The Morgan fingerprint density at radius 1 is 1.29 bits per heavy atom. The summed E-state index contributed by atoms with van der Waals surface area (Å²) in [5.74, 6) is 0.639. The Bertz CT molecular complexity index is 431. The van der Waals surface area contributed by atoms with Gasteiger partial charge in [-0.3, -0.25) is 4.79 Å². The minimum absolute atomic E-state index is 0.123. The quantitative estimate of drug-likeness (QED) is 0.712. The largest absolute Gasteiger partial charge is 0.390 e. The molecule has 0 heterocycles. The first-order chi connectivity index (χ1) is 8.13. The minimum atomic E-state index is -0.944. The van der Waals surface area contributed by atoms with Crippen LogP contribution in [-0.2, 0) is 6.42 Å². The van der Waals surface area contributed by atoms with Crippen LogP contribution in [-0.4, -0.2) is 27.9 Å². The molecule has 0 saturated carbocycles. The van der Waals surface area contributed by atoms with Gasteiger partial charge in [0.2, 0.25) is 0 Å². The molecule has 0 fully saturated rings. The molecule has 1 aliphatic rings. The number of aliphatic hydroxyl groups excluding tert-OH is 2. The lowest BCUT2D eigenvalue weighted by Gasteiger charge is -2.18. The second-order valence-corrected chi connectivity index (χ2v) is 4.81. The summed E-state index contributed by atoms with van der Waals surface area (Å²) in [6.07, 6.45) is -0.0180. The molecule has 2 rings (SSSR count). The molecule has 92 valence electrons. The summed E-state index contributed by atoms with van der Waals surface area (Å²) in [6, 6.07) is 5.35. The fraction of sp³-hybridized carbons (Fsp3) is 0.462. The summed E-state index contributed by atoms with van der Waals surface area (Å²) in [5.41, 5.74) is 2.34. The number of fused-ring (bicyclic) bond motifs is 1. The maximum Gasteiger partial charge on any atom is 0.163 e. The summed E-state index contributed by atoms with van der Waals surface area (Å²) in [7, 11) is 0. The van der Waals surface area contributed by atoms with E-state index in [9.17, 15) is 15.0 Å². The lowest BCUT2D eigenvalue weighted by Crippen LogP contribution is -2.19. The van der Waals surface area contributed by atoms with E-state index in [0.29, 0.717) is 29.7 Å². The lowest BCUT2D eigenvalue weighted by molar-refractivity contribution is 0.0172. The highest BCUT2D eigenvalue weighted by atomic mass is 32.1. The smallest absolute Gasteiger partial charge is 0.163 e. The summed E-state index contributed by atoms with van der Waals surface area (Å²) < 4.78 is 0. The van der Waals surface area contributed by atoms with Crippen LogP contribution in [0.4, 0.5) is 0 Å². The van der Waals surface area contributed by atoms with Gasteiger partial charge in [0.1, 0.15) is 6.10 Å². The number of carbonyl (C=O) groups is 1. The third-order valence-corrected chi connectivity index (χ3v) is 3.44. The molecule has 1 aromatic carbocycles. The number of hydrogen-bond donors (Lipinski definition) is 3. The average Bonchev–Trinajstić information content (AvgIpc) is 2.70. The minimum Gasteiger partial charge on any atom is -0.390 e. The van der Waals surface area contributed by atoms with E-state index in [1.165, 1.54) is 0 Å². The van der Waals surface area contributed by atoms with Crippen LogP contribution in [0.25, 0.3) is 0 Å². The highest BCUT2D eigenvalue weighted by Crippen LogP contribution is 2.27. The van der Waals surface area contributed by atoms with Crippen LogP contribution in [0.5, 0.6) is 0 Å². The Labute approximate surface area is 106 Å². The maximum atomic E-state index is 11.6. The van der Waals surface area contributed by atoms with Crippen molar-refractivity contribution in [3.8, 4) is 0 Å². The Balaban J connectivity index is 2.22. The molecule has 0 bridgehead atoms. The van der Waals surface area contributed by atoms with Crippen molar-refractivity contribution in [2.45, 2.75) is 31.5 Å². The molecule has 2 N–H and O–H groups in total. The van der Waals surface area contributed by atoms with Crippen LogP contribution in [0, 0.1) is 0 Å². The van der Waals surface area contributed by atoms with Gasteiger partial charge in [-0.1, -0.05) is 12.1 Å². The summed E-state index contributed by atoms with van der Waals surface area (Å²) in [5, 5.41) is 19.6.